The molecule has 1 saturated carbocycles. The van der Waals surface area contributed by atoms with Crippen molar-refractivity contribution in [1.82, 2.24) is 15.0 Å². The summed E-state index contributed by atoms with van der Waals surface area (Å²) < 4.78 is 6.02. The quantitative estimate of drug-likeness (QED) is 0.386. The molecule has 33 heavy (non-hydrogen) atoms. The number of aromatic nitrogens is 3. The first-order chi connectivity index (χ1) is 16.0. The van der Waals surface area contributed by atoms with Crippen LogP contribution in [0.15, 0.2) is 54.9 Å². The fraction of sp³-hybridized carbons (Fsp3) is 0.208. The Morgan fingerprint density at radius 3 is 2.73 bits per heavy atom. The number of amides is 2. The van der Waals surface area contributed by atoms with Gasteiger partial charge in [-0.3, -0.25) is 9.78 Å². The number of pyridine rings is 2. The number of anilines is 2. The van der Waals surface area contributed by atoms with Crippen molar-refractivity contribution in [2.75, 3.05) is 10.6 Å². The fourth-order valence-corrected chi connectivity index (χ4v) is 4.24. The van der Waals surface area contributed by atoms with Crippen LogP contribution in [-0.4, -0.2) is 26.8 Å². The third-order valence-corrected chi connectivity index (χ3v) is 6.18. The van der Waals surface area contributed by atoms with Gasteiger partial charge in [-0.1, -0.05) is 17.4 Å². The molecule has 0 radical (unpaired) electrons. The minimum Gasteiger partial charge on any atom is -0.439 e. The van der Waals surface area contributed by atoms with Crippen LogP contribution in [0.2, 0.25) is 0 Å². The minimum atomic E-state index is -0.379. The van der Waals surface area contributed by atoms with Crippen molar-refractivity contribution in [2.45, 2.75) is 26.2 Å². The van der Waals surface area contributed by atoms with Crippen LogP contribution in [0.3, 0.4) is 0 Å². The molecule has 1 fully saturated rings. The summed E-state index contributed by atoms with van der Waals surface area (Å²) in [4.78, 5) is 38.2. The molecule has 4 aromatic rings. The number of aryl methyl sites for hydroxylation is 1. The van der Waals surface area contributed by atoms with E-state index in [-0.39, 0.29) is 17.7 Å². The summed E-state index contributed by atoms with van der Waals surface area (Å²) >= 11 is 1.42. The van der Waals surface area contributed by atoms with Gasteiger partial charge < -0.3 is 15.4 Å². The molecule has 8 nitrogen and oxygen atoms in total. The molecular weight excluding hydrogens is 438 g/mol. The van der Waals surface area contributed by atoms with E-state index < -0.39 is 0 Å². The molecule has 0 bridgehead atoms. The van der Waals surface area contributed by atoms with Gasteiger partial charge in [-0.15, -0.1) is 0 Å². The number of hydrogen-bond acceptors (Lipinski definition) is 7. The molecule has 0 aliphatic heterocycles. The molecule has 0 atom stereocenters. The van der Waals surface area contributed by atoms with E-state index in [1.54, 1.807) is 42.7 Å². The Kier molecular flexibility index (Phi) is 5.70. The molecule has 2 N–H and O–H groups in total. The molecule has 0 spiro atoms. The highest BCUT2D eigenvalue weighted by molar-refractivity contribution is 7.18. The molecule has 3 aromatic heterocycles. The first-order valence-corrected chi connectivity index (χ1v) is 11.4. The van der Waals surface area contributed by atoms with E-state index >= 15 is 0 Å². The maximum atomic E-state index is 12.3. The van der Waals surface area contributed by atoms with E-state index in [9.17, 15) is 9.59 Å². The third kappa shape index (κ3) is 5.15. The van der Waals surface area contributed by atoms with E-state index in [2.05, 4.69) is 25.6 Å². The number of nitrogens with zero attached hydrogens (tertiary/aromatic N) is 3. The van der Waals surface area contributed by atoms with E-state index in [4.69, 9.17) is 4.74 Å². The Balaban J connectivity index is 1.29. The number of fused-ring (bicyclic) bond motifs is 1. The van der Waals surface area contributed by atoms with Crippen LogP contribution in [-0.2, 0) is 11.2 Å². The number of benzene rings is 1. The van der Waals surface area contributed by atoms with Crippen LogP contribution in [0.25, 0.3) is 10.3 Å². The monoisotopic (exact) mass is 459 g/mol. The molecule has 166 valence electrons. The molecule has 0 unspecified atom stereocenters. The van der Waals surface area contributed by atoms with Gasteiger partial charge in [0.15, 0.2) is 0 Å². The Hall–Kier alpha value is -3.85. The lowest BCUT2D eigenvalue weighted by Crippen LogP contribution is -2.19. The summed E-state index contributed by atoms with van der Waals surface area (Å²) in [6, 6.07) is 12.1. The predicted molar refractivity (Wildman–Crippen MR) is 127 cm³/mol. The van der Waals surface area contributed by atoms with Gasteiger partial charge in [0.25, 0.3) is 0 Å². The molecule has 2 amide bonds. The van der Waals surface area contributed by atoms with Crippen molar-refractivity contribution < 1.29 is 14.3 Å². The lowest BCUT2D eigenvalue weighted by molar-refractivity contribution is -0.119. The first kappa shape index (κ1) is 21.0. The average molecular weight is 460 g/mol. The Labute approximate surface area is 194 Å². The van der Waals surface area contributed by atoms with Crippen LogP contribution < -0.4 is 15.4 Å². The molecule has 5 rings (SSSR count). The number of hydrogen-bond donors (Lipinski definition) is 2. The Morgan fingerprint density at radius 1 is 1.09 bits per heavy atom. The van der Waals surface area contributed by atoms with E-state index in [0.717, 1.165) is 33.8 Å². The second-order valence-corrected chi connectivity index (χ2v) is 8.96. The zero-order valence-corrected chi connectivity index (χ0v) is 18.7. The Bertz CT molecular complexity index is 1330. The number of carbonyl (C=O) groups is 2. The van der Waals surface area contributed by atoms with Gasteiger partial charge in [0.1, 0.15) is 26.9 Å². The average Bonchev–Trinajstić information content (AvgIpc) is 3.57. The van der Waals surface area contributed by atoms with E-state index in [1.165, 1.54) is 11.3 Å². The molecular formula is C24H21N5O3S. The summed E-state index contributed by atoms with van der Waals surface area (Å²) in [5, 5.41) is 6.30. The van der Waals surface area contributed by atoms with E-state index in [1.807, 2.05) is 19.1 Å². The van der Waals surface area contributed by atoms with E-state index in [0.29, 0.717) is 29.4 Å². The largest absolute Gasteiger partial charge is 0.439 e. The summed E-state index contributed by atoms with van der Waals surface area (Å²) in [6.45, 7) is 1.92. The van der Waals surface area contributed by atoms with Crippen LogP contribution >= 0.6 is 11.3 Å². The molecule has 1 aliphatic carbocycles. The van der Waals surface area contributed by atoms with Gasteiger partial charge in [-0.25, -0.2) is 14.8 Å². The zero-order valence-electron chi connectivity index (χ0n) is 17.9. The maximum absolute atomic E-state index is 12.3. The summed E-state index contributed by atoms with van der Waals surface area (Å²) in [5.74, 6) is 1.48. The number of carbonyl (C=O) groups excluding carboxylic acids is 2. The lowest BCUT2D eigenvalue weighted by Gasteiger charge is -2.11. The maximum Gasteiger partial charge on any atom is 0.323 e. The standard InChI is InChI=1S/C24H21N5O3S/c1-14-4-7-16(26-24(31)27-17-3-2-10-25-13-17)11-20(14)32-21-9-8-18-23(29-21)33-22(28-18)12-19(30)15-5-6-15/h2-4,7-11,13,15H,5-6,12H2,1H3,(H2,26,27,31). The third-order valence-electron chi connectivity index (χ3n) is 5.21. The van der Waals surface area contributed by atoms with Crippen molar-refractivity contribution in [3.63, 3.8) is 0 Å². The van der Waals surface area contributed by atoms with Crippen LogP contribution in [0.1, 0.15) is 23.4 Å². The van der Waals surface area contributed by atoms with Crippen molar-refractivity contribution in [3.8, 4) is 11.6 Å². The van der Waals surface area contributed by atoms with Crippen molar-refractivity contribution in [2.24, 2.45) is 5.92 Å². The number of nitrogens with one attached hydrogen (secondary N) is 2. The number of ether oxygens (including phenoxy) is 1. The second-order valence-electron chi connectivity index (χ2n) is 7.90. The topological polar surface area (TPSA) is 106 Å². The minimum absolute atomic E-state index is 0.221. The number of Topliss-reactive ketones (excluding diaryl/α,β-unsaturated/α-hetero) is 1. The van der Waals surface area contributed by atoms with Gasteiger partial charge in [0.2, 0.25) is 5.88 Å². The zero-order chi connectivity index (χ0) is 22.8. The van der Waals surface area contributed by atoms with Crippen LogP contribution in [0, 0.1) is 12.8 Å². The van der Waals surface area contributed by atoms with Gasteiger partial charge in [-0.05, 0) is 49.6 Å². The number of rotatable bonds is 7. The van der Waals surface area contributed by atoms with Crippen molar-refractivity contribution >= 4 is 44.9 Å². The summed E-state index contributed by atoms with van der Waals surface area (Å²) in [5.41, 5.74) is 2.83. The highest BCUT2D eigenvalue weighted by atomic mass is 32.1. The van der Waals surface area contributed by atoms with Gasteiger partial charge in [-0.2, -0.15) is 0 Å². The number of thiazole rings is 1. The van der Waals surface area contributed by atoms with Crippen molar-refractivity contribution in [3.05, 3.63) is 65.4 Å². The SMILES string of the molecule is Cc1ccc(NC(=O)Nc2cccnc2)cc1Oc1ccc2nc(CC(=O)C3CC3)sc2n1. The normalized spacial score (nSPS) is 13.0. The smallest absolute Gasteiger partial charge is 0.323 e. The molecule has 9 heteroatoms. The molecule has 1 aliphatic rings. The molecule has 1 aromatic carbocycles. The second kappa shape index (κ2) is 8.95. The van der Waals surface area contributed by atoms with Gasteiger partial charge in [0.05, 0.1) is 18.3 Å². The molecule has 3 heterocycles. The highest BCUT2D eigenvalue weighted by Gasteiger charge is 2.29. The van der Waals surface area contributed by atoms with Gasteiger partial charge in [0, 0.05) is 29.9 Å². The predicted octanol–water partition coefficient (Wildman–Crippen LogP) is 5.35. The van der Waals surface area contributed by atoms with Crippen LogP contribution in [0.5, 0.6) is 11.6 Å². The fourth-order valence-electron chi connectivity index (χ4n) is 3.31. The summed E-state index contributed by atoms with van der Waals surface area (Å²) in [6.07, 6.45) is 5.57. The molecule has 0 saturated heterocycles. The van der Waals surface area contributed by atoms with Crippen molar-refractivity contribution in [1.29, 1.82) is 0 Å². The Morgan fingerprint density at radius 2 is 1.94 bits per heavy atom. The number of ketones is 1. The van der Waals surface area contributed by atoms with Crippen LogP contribution in [0.4, 0.5) is 16.2 Å². The lowest BCUT2D eigenvalue weighted by atomic mass is 10.2. The summed E-state index contributed by atoms with van der Waals surface area (Å²) in [7, 11) is 0. The first-order valence-electron chi connectivity index (χ1n) is 10.6. The highest BCUT2D eigenvalue weighted by Crippen LogP contribution is 2.33. The number of urea groups is 1. The van der Waals surface area contributed by atoms with Gasteiger partial charge >= 0.3 is 6.03 Å².